The van der Waals surface area contributed by atoms with Crippen LogP contribution in [0.3, 0.4) is 0 Å². The Kier molecular flexibility index (Phi) is 7.99. The molecule has 1 aromatic heterocycles. The standard InChI is InChI=1S/C24H26F2N2O.C2H6/c1-3-7-16-14-19(25)22(20(26)15-16)24-23-18(10-11-28(24)12-13-29-4-2)17-8-5-6-9-21(17)27-23;1-2/h3,5-9,14-15,24,27H,4,10-13H2,1-2H3;1-2H3/b7-3+;. The lowest BCUT2D eigenvalue weighted by atomic mass is 9.91. The SMILES string of the molecule is C/C=C/c1cc(F)c(C2c3[nH]c4ccccc4c3CCN2CCOCC)c(F)c1.CC. The van der Waals surface area contributed by atoms with Gasteiger partial charge in [-0.25, -0.2) is 8.78 Å². The lowest BCUT2D eigenvalue weighted by Gasteiger charge is -2.36. The third kappa shape index (κ3) is 4.73. The highest BCUT2D eigenvalue weighted by molar-refractivity contribution is 5.85. The van der Waals surface area contributed by atoms with Gasteiger partial charge in [0.05, 0.1) is 12.6 Å². The highest BCUT2D eigenvalue weighted by atomic mass is 19.1. The van der Waals surface area contributed by atoms with Crippen molar-refractivity contribution in [3.63, 3.8) is 0 Å². The quantitative estimate of drug-likeness (QED) is 0.456. The van der Waals surface area contributed by atoms with Crippen LogP contribution in [0.2, 0.25) is 0 Å². The van der Waals surface area contributed by atoms with Crippen molar-refractivity contribution in [1.29, 1.82) is 0 Å². The summed E-state index contributed by atoms with van der Waals surface area (Å²) in [6.45, 7) is 10.3. The molecular formula is C26H32F2N2O. The molecule has 4 rings (SSSR count). The summed E-state index contributed by atoms with van der Waals surface area (Å²) >= 11 is 0. The summed E-state index contributed by atoms with van der Waals surface area (Å²) in [5, 5.41) is 1.13. The van der Waals surface area contributed by atoms with E-state index < -0.39 is 17.7 Å². The maximum absolute atomic E-state index is 15.2. The van der Waals surface area contributed by atoms with E-state index in [1.165, 1.54) is 12.1 Å². The number of aromatic amines is 1. The molecule has 0 bridgehead atoms. The van der Waals surface area contributed by atoms with Gasteiger partial charge in [-0.1, -0.05) is 44.2 Å². The number of nitrogens with zero attached hydrogens (tertiary/aromatic N) is 1. The van der Waals surface area contributed by atoms with Gasteiger partial charge < -0.3 is 9.72 Å². The summed E-state index contributed by atoms with van der Waals surface area (Å²) in [6, 6.07) is 10.4. The van der Waals surface area contributed by atoms with Crippen LogP contribution in [-0.2, 0) is 11.2 Å². The lowest BCUT2D eigenvalue weighted by molar-refractivity contribution is 0.0961. The van der Waals surface area contributed by atoms with Gasteiger partial charge in [-0.3, -0.25) is 4.90 Å². The fourth-order valence-electron chi connectivity index (χ4n) is 4.34. The van der Waals surface area contributed by atoms with Crippen LogP contribution in [0.4, 0.5) is 8.78 Å². The highest BCUT2D eigenvalue weighted by Crippen LogP contribution is 2.40. The van der Waals surface area contributed by atoms with E-state index in [9.17, 15) is 0 Å². The van der Waals surface area contributed by atoms with E-state index in [-0.39, 0.29) is 5.56 Å². The van der Waals surface area contributed by atoms with Gasteiger partial charge in [-0.15, -0.1) is 0 Å². The molecule has 2 heterocycles. The molecule has 0 saturated carbocycles. The molecule has 31 heavy (non-hydrogen) atoms. The molecule has 0 fully saturated rings. The van der Waals surface area contributed by atoms with Crippen LogP contribution < -0.4 is 0 Å². The molecule has 0 spiro atoms. The van der Waals surface area contributed by atoms with E-state index in [2.05, 4.69) is 16.0 Å². The van der Waals surface area contributed by atoms with Crippen molar-refractivity contribution in [3.8, 4) is 0 Å². The van der Waals surface area contributed by atoms with Crippen molar-refractivity contribution >= 4 is 17.0 Å². The number of allylic oxidation sites excluding steroid dienone is 1. The minimum Gasteiger partial charge on any atom is -0.380 e. The molecule has 0 aliphatic carbocycles. The fourth-order valence-corrected chi connectivity index (χ4v) is 4.34. The van der Waals surface area contributed by atoms with Crippen LogP contribution in [0.15, 0.2) is 42.5 Å². The molecule has 2 aromatic carbocycles. The van der Waals surface area contributed by atoms with Gasteiger partial charge in [0.1, 0.15) is 11.6 Å². The molecule has 1 unspecified atom stereocenters. The van der Waals surface area contributed by atoms with E-state index in [1.807, 2.05) is 45.9 Å². The largest absolute Gasteiger partial charge is 0.380 e. The van der Waals surface area contributed by atoms with Crippen LogP contribution in [0.5, 0.6) is 0 Å². The van der Waals surface area contributed by atoms with Crippen molar-refractivity contribution in [2.75, 3.05) is 26.3 Å². The van der Waals surface area contributed by atoms with Crippen LogP contribution >= 0.6 is 0 Å². The predicted molar refractivity (Wildman–Crippen MR) is 124 cm³/mol. The lowest BCUT2D eigenvalue weighted by Crippen LogP contribution is -2.39. The second kappa shape index (κ2) is 10.7. The topological polar surface area (TPSA) is 28.3 Å². The summed E-state index contributed by atoms with van der Waals surface area (Å²) in [6.07, 6.45) is 4.32. The Morgan fingerprint density at radius 2 is 1.87 bits per heavy atom. The average molecular weight is 427 g/mol. The second-order valence-corrected chi connectivity index (χ2v) is 7.35. The van der Waals surface area contributed by atoms with Crippen LogP contribution in [0.1, 0.15) is 56.1 Å². The van der Waals surface area contributed by atoms with Crippen molar-refractivity contribution in [2.45, 2.75) is 40.2 Å². The average Bonchev–Trinajstić information content (AvgIpc) is 3.15. The van der Waals surface area contributed by atoms with E-state index in [0.717, 1.165) is 35.1 Å². The Bertz CT molecular complexity index is 1020. The van der Waals surface area contributed by atoms with E-state index in [4.69, 9.17) is 4.74 Å². The predicted octanol–water partition coefficient (Wildman–Crippen LogP) is 6.49. The number of fused-ring (bicyclic) bond motifs is 3. The Hall–Kier alpha value is -2.50. The van der Waals surface area contributed by atoms with Crippen LogP contribution in [0.25, 0.3) is 17.0 Å². The molecule has 1 aliphatic heterocycles. The number of hydrogen-bond acceptors (Lipinski definition) is 2. The summed E-state index contributed by atoms with van der Waals surface area (Å²) in [7, 11) is 0. The first-order chi connectivity index (χ1) is 15.1. The van der Waals surface area contributed by atoms with Crippen LogP contribution in [0, 0.1) is 11.6 Å². The van der Waals surface area contributed by atoms with Crippen molar-refractivity contribution < 1.29 is 13.5 Å². The number of rotatable bonds is 6. The smallest absolute Gasteiger partial charge is 0.131 e. The zero-order valence-corrected chi connectivity index (χ0v) is 18.8. The monoisotopic (exact) mass is 426 g/mol. The fraction of sp³-hybridized carbons (Fsp3) is 0.385. The molecule has 3 nitrogen and oxygen atoms in total. The molecule has 1 N–H and O–H groups in total. The minimum absolute atomic E-state index is 0.0993. The molecule has 0 amide bonds. The van der Waals surface area contributed by atoms with E-state index in [0.29, 0.717) is 25.3 Å². The Morgan fingerprint density at radius 3 is 2.55 bits per heavy atom. The molecule has 5 heteroatoms. The van der Waals surface area contributed by atoms with Gasteiger partial charge in [-0.2, -0.15) is 0 Å². The van der Waals surface area contributed by atoms with Gasteiger partial charge in [-0.05, 0) is 49.6 Å². The summed E-state index contributed by atoms with van der Waals surface area (Å²) < 4.78 is 35.9. The molecule has 1 aliphatic rings. The first-order valence-corrected chi connectivity index (χ1v) is 11.2. The maximum Gasteiger partial charge on any atom is 0.131 e. The van der Waals surface area contributed by atoms with Crippen molar-refractivity contribution in [2.24, 2.45) is 0 Å². The summed E-state index contributed by atoms with van der Waals surface area (Å²) in [5.41, 5.74) is 3.66. The Morgan fingerprint density at radius 1 is 1.16 bits per heavy atom. The number of nitrogens with one attached hydrogen (secondary N) is 1. The van der Waals surface area contributed by atoms with Crippen molar-refractivity contribution in [3.05, 3.63) is 76.5 Å². The second-order valence-electron chi connectivity index (χ2n) is 7.35. The zero-order valence-electron chi connectivity index (χ0n) is 18.8. The molecular weight excluding hydrogens is 394 g/mol. The minimum atomic E-state index is -0.518. The zero-order chi connectivity index (χ0) is 22.4. The maximum atomic E-state index is 15.2. The first-order valence-electron chi connectivity index (χ1n) is 11.2. The number of aromatic nitrogens is 1. The number of ether oxygens (including phenoxy) is 1. The van der Waals surface area contributed by atoms with Crippen molar-refractivity contribution in [1.82, 2.24) is 9.88 Å². The van der Waals surface area contributed by atoms with E-state index >= 15 is 8.78 Å². The van der Waals surface area contributed by atoms with E-state index in [1.54, 1.807) is 12.2 Å². The molecule has 0 radical (unpaired) electrons. The van der Waals surface area contributed by atoms with Gasteiger partial charge >= 0.3 is 0 Å². The third-order valence-electron chi connectivity index (χ3n) is 5.60. The highest BCUT2D eigenvalue weighted by Gasteiger charge is 2.35. The number of para-hydroxylation sites is 1. The molecule has 1 atom stereocenters. The number of benzene rings is 2. The van der Waals surface area contributed by atoms with Gasteiger partial charge in [0.25, 0.3) is 0 Å². The number of H-pyrrole nitrogens is 1. The van der Waals surface area contributed by atoms with Crippen LogP contribution in [-0.4, -0.2) is 36.2 Å². The Labute approximate surface area is 183 Å². The number of hydrogen-bond donors (Lipinski definition) is 1. The Balaban J connectivity index is 0.00000132. The summed E-state index contributed by atoms with van der Waals surface area (Å²) in [5.74, 6) is -1.04. The first kappa shape index (κ1) is 23.2. The van der Waals surface area contributed by atoms with Gasteiger partial charge in [0, 0.05) is 41.9 Å². The summed E-state index contributed by atoms with van der Waals surface area (Å²) in [4.78, 5) is 5.56. The van der Waals surface area contributed by atoms with Gasteiger partial charge in [0.15, 0.2) is 0 Å². The number of halogens is 2. The third-order valence-corrected chi connectivity index (χ3v) is 5.60. The molecule has 0 saturated heterocycles. The molecule has 3 aromatic rings. The molecule has 166 valence electrons. The normalized spacial score (nSPS) is 16.4. The van der Waals surface area contributed by atoms with Gasteiger partial charge in [0.2, 0.25) is 0 Å².